The molecule has 0 amide bonds. The van der Waals surface area contributed by atoms with Gasteiger partial charge in [0.15, 0.2) is 0 Å². The van der Waals surface area contributed by atoms with E-state index in [0.29, 0.717) is 5.57 Å². The second-order valence-electron chi connectivity index (χ2n) is 8.70. The Morgan fingerprint density at radius 1 is 0.900 bits per heavy atom. The van der Waals surface area contributed by atoms with Gasteiger partial charge in [0.25, 0.3) is 0 Å². The number of nitrogens with zero attached hydrogens (tertiary/aromatic N) is 1. The first-order valence-corrected chi connectivity index (χ1v) is 10.4. The van der Waals surface area contributed by atoms with E-state index in [0.717, 1.165) is 24.0 Å². The molecule has 0 aromatic heterocycles. The van der Waals surface area contributed by atoms with Crippen LogP contribution < -0.4 is 0 Å². The Balaban J connectivity index is 2.04. The van der Waals surface area contributed by atoms with Gasteiger partial charge in [0.2, 0.25) is 0 Å². The minimum absolute atomic E-state index is 0.289. The van der Waals surface area contributed by atoms with Crippen molar-refractivity contribution in [2.75, 3.05) is 0 Å². The fourth-order valence-electron chi connectivity index (χ4n) is 5.00. The molecule has 0 saturated heterocycles. The zero-order valence-corrected chi connectivity index (χ0v) is 18.0. The van der Waals surface area contributed by atoms with Crippen molar-refractivity contribution in [3.8, 4) is 6.07 Å². The van der Waals surface area contributed by atoms with Crippen molar-refractivity contribution in [3.05, 3.63) is 124 Å². The maximum absolute atomic E-state index is 9.23. The van der Waals surface area contributed by atoms with Gasteiger partial charge in [-0.05, 0) is 67.0 Å². The summed E-state index contributed by atoms with van der Waals surface area (Å²) >= 11 is 0. The minimum Gasteiger partial charge on any atom is -0.192 e. The van der Waals surface area contributed by atoms with Gasteiger partial charge in [-0.15, -0.1) is 6.58 Å². The lowest BCUT2D eigenvalue weighted by Crippen LogP contribution is -2.35. The first-order chi connectivity index (χ1) is 14.3. The molecule has 0 atom stereocenters. The third kappa shape index (κ3) is 3.19. The van der Waals surface area contributed by atoms with E-state index in [1.54, 1.807) is 0 Å². The molecule has 0 fully saturated rings. The Morgan fingerprint density at radius 3 is 1.90 bits per heavy atom. The molecule has 0 radical (unpaired) electrons. The number of benzene rings is 3. The van der Waals surface area contributed by atoms with Crippen LogP contribution in [0.15, 0.2) is 79.4 Å². The number of hydrogen-bond donors (Lipinski definition) is 0. The SMILES string of the molecule is C=C(C)CC1(c2ccc(C(=C)C#N)cc2)c2ccc(C)cc2Cc2cc(C)ccc21. The van der Waals surface area contributed by atoms with E-state index in [2.05, 4.69) is 88.5 Å². The minimum atomic E-state index is -0.289. The Labute approximate surface area is 180 Å². The number of allylic oxidation sites excluding steroid dienone is 2. The van der Waals surface area contributed by atoms with Gasteiger partial charge >= 0.3 is 0 Å². The Hall–Kier alpha value is -3.37. The highest BCUT2D eigenvalue weighted by molar-refractivity contribution is 5.75. The first-order valence-electron chi connectivity index (χ1n) is 10.4. The van der Waals surface area contributed by atoms with Gasteiger partial charge in [-0.25, -0.2) is 0 Å². The van der Waals surface area contributed by atoms with Crippen molar-refractivity contribution in [3.63, 3.8) is 0 Å². The summed E-state index contributed by atoms with van der Waals surface area (Å²) in [4.78, 5) is 0. The van der Waals surface area contributed by atoms with E-state index in [1.165, 1.54) is 38.9 Å². The number of hydrogen-bond acceptors (Lipinski definition) is 1. The highest BCUT2D eigenvalue weighted by Crippen LogP contribution is 2.50. The molecule has 30 heavy (non-hydrogen) atoms. The molecule has 0 aliphatic heterocycles. The average molecular weight is 390 g/mol. The fourth-order valence-corrected chi connectivity index (χ4v) is 5.00. The summed E-state index contributed by atoms with van der Waals surface area (Å²) < 4.78 is 0. The number of fused-ring (bicyclic) bond motifs is 2. The van der Waals surface area contributed by atoms with Gasteiger partial charge in [-0.2, -0.15) is 5.26 Å². The second kappa shape index (κ2) is 7.47. The molecule has 3 aromatic carbocycles. The lowest BCUT2D eigenvalue weighted by atomic mass is 9.60. The van der Waals surface area contributed by atoms with E-state index < -0.39 is 0 Å². The van der Waals surface area contributed by atoms with Crippen LogP contribution in [0.4, 0.5) is 0 Å². The first kappa shape index (κ1) is 19.9. The summed E-state index contributed by atoms with van der Waals surface area (Å²) in [6, 6.07) is 24.3. The number of rotatable bonds is 4. The van der Waals surface area contributed by atoms with Gasteiger partial charge in [0.05, 0.1) is 11.6 Å². The molecular formula is C29H27N. The van der Waals surface area contributed by atoms with E-state index in [-0.39, 0.29) is 5.41 Å². The van der Waals surface area contributed by atoms with E-state index in [9.17, 15) is 5.26 Å². The van der Waals surface area contributed by atoms with E-state index in [4.69, 9.17) is 0 Å². The molecule has 4 rings (SSSR count). The summed E-state index contributed by atoms with van der Waals surface area (Å²) in [5, 5.41) is 9.23. The van der Waals surface area contributed by atoms with Gasteiger partial charge in [-0.3, -0.25) is 0 Å². The number of aryl methyl sites for hydroxylation is 2. The summed E-state index contributed by atoms with van der Waals surface area (Å²) in [5.41, 5.74) is 11.5. The maximum Gasteiger partial charge on any atom is 0.0991 e. The lowest BCUT2D eigenvalue weighted by Gasteiger charge is -2.42. The van der Waals surface area contributed by atoms with Crippen molar-refractivity contribution in [2.45, 2.75) is 39.0 Å². The summed E-state index contributed by atoms with van der Waals surface area (Å²) in [6.45, 7) is 14.6. The molecule has 0 heterocycles. The van der Waals surface area contributed by atoms with Crippen molar-refractivity contribution in [2.24, 2.45) is 0 Å². The summed E-state index contributed by atoms with van der Waals surface area (Å²) in [7, 11) is 0. The highest BCUT2D eigenvalue weighted by atomic mass is 14.4. The summed E-state index contributed by atoms with van der Waals surface area (Å²) in [5.74, 6) is 0. The lowest BCUT2D eigenvalue weighted by molar-refractivity contribution is 0.584. The molecule has 0 saturated carbocycles. The number of nitriles is 1. The van der Waals surface area contributed by atoms with Crippen LogP contribution in [0, 0.1) is 25.2 Å². The molecular weight excluding hydrogens is 362 g/mol. The quantitative estimate of drug-likeness (QED) is 0.346. The van der Waals surface area contributed by atoms with Crippen LogP contribution in [0.25, 0.3) is 5.57 Å². The highest BCUT2D eigenvalue weighted by Gasteiger charge is 2.42. The Kier molecular flexibility index (Phi) is 4.96. The largest absolute Gasteiger partial charge is 0.192 e. The van der Waals surface area contributed by atoms with Gasteiger partial charge < -0.3 is 0 Å². The monoisotopic (exact) mass is 389 g/mol. The Morgan fingerprint density at radius 2 is 1.43 bits per heavy atom. The molecule has 1 aliphatic carbocycles. The molecule has 0 spiro atoms. The molecule has 0 bridgehead atoms. The molecule has 1 nitrogen and oxygen atoms in total. The molecule has 3 aromatic rings. The van der Waals surface area contributed by atoms with Gasteiger partial charge in [0.1, 0.15) is 0 Å². The topological polar surface area (TPSA) is 23.8 Å². The van der Waals surface area contributed by atoms with Crippen LogP contribution in [0.3, 0.4) is 0 Å². The van der Waals surface area contributed by atoms with Crippen molar-refractivity contribution in [1.82, 2.24) is 0 Å². The molecule has 0 N–H and O–H groups in total. The second-order valence-corrected chi connectivity index (χ2v) is 8.70. The van der Waals surface area contributed by atoms with Crippen LogP contribution >= 0.6 is 0 Å². The molecule has 148 valence electrons. The maximum atomic E-state index is 9.23. The molecule has 1 aliphatic rings. The zero-order chi connectivity index (χ0) is 21.5. The predicted molar refractivity (Wildman–Crippen MR) is 126 cm³/mol. The van der Waals surface area contributed by atoms with Crippen LogP contribution in [-0.2, 0) is 11.8 Å². The average Bonchev–Trinajstić information content (AvgIpc) is 2.72. The van der Waals surface area contributed by atoms with Crippen LogP contribution in [0.1, 0.15) is 57.9 Å². The van der Waals surface area contributed by atoms with Crippen LogP contribution in [0.5, 0.6) is 0 Å². The zero-order valence-electron chi connectivity index (χ0n) is 18.0. The van der Waals surface area contributed by atoms with Gasteiger partial charge in [-0.1, -0.05) is 83.9 Å². The van der Waals surface area contributed by atoms with E-state index in [1.807, 2.05) is 12.1 Å². The smallest absolute Gasteiger partial charge is 0.0991 e. The molecule has 1 heteroatoms. The van der Waals surface area contributed by atoms with Crippen molar-refractivity contribution in [1.29, 1.82) is 5.26 Å². The fraction of sp³-hybridized carbons (Fsp3) is 0.207. The van der Waals surface area contributed by atoms with Crippen LogP contribution in [0.2, 0.25) is 0 Å². The third-order valence-electron chi connectivity index (χ3n) is 6.25. The van der Waals surface area contributed by atoms with Gasteiger partial charge in [0, 0.05) is 5.41 Å². The van der Waals surface area contributed by atoms with E-state index >= 15 is 0 Å². The standard InChI is InChI=1S/C29H27N/c1-19(2)17-29(26-10-8-23(9-11-26)22(5)18-30)27-12-6-20(3)14-24(27)16-25-15-21(4)7-13-28(25)29/h6-15H,1,5,16-17H2,2-4H3. The van der Waals surface area contributed by atoms with Crippen LogP contribution in [-0.4, -0.2) is 0 Å². The molecule has 0 unspecified atom stereocenters. The third-order valence-corrected chi connectivity index (χ3v) is 6.25. The summed E-state index contributed by atoms with van der Waals surface area (Å²) in [6.07, 6.45) is 1.80. The predicted octanol–water partition coefficient (Wildman–Crippen LogP) is 7.05. The Bertz CT molecular complexity index is 1150. The van der Waals surface area contributed by atoms with Crippen molar-refractivity contribution < 1.29 is 0 Å². The van der Waals surface area contributed by atoms with Crippen molar-refractivity contribution >= 4 is 5.57 Å². The normalized spacial score (nSPS) is 13.7.